The van der Waals surface area contributed by atoms with Gasteiger partial charge in [0.25, 0.3) is 11.8 Å². The van der Waals surface area contributed by atoms with Gasteiger partial charge in [-0.15, -0.1) is 0 Å². The number of hydrogen-bond acceptors (Lipinski definition) is 8. The highest BCUT2D eigenvalue weighted by atomic mass is 16.6. The number of aliphatic hydroxyl groups excluding tert-OH is 1. The number of allylic oxidation sites excluding steroid dienone is 3. The predicted molar refractivity (Wildman–Crippen MR) is 202 cm³/mol. The number of ether oxygens (including phenoxy) is 1. The first-order valence-electron chi connectivity index (χ1n) is 18.9. The number of aliphatic hydroxyl groups is 1. The molecular formula is C43H50N4O6. The third-order valence-corrected chi connectivity index (χ3v) is 12.8. The van der Waals surface area contributed by atoms with E-state index in [-0.39, 0.29) is 35.3 Å². The van der Waals surface area contributed by atoms with E-state index in [0.29, 0.717) is 44.3 Å². The highest BCUT2D eigenvalue weighted by Crippen LogP contribution is 2.68. The van der Waals surface area contributed by atoms with Gasteiger partial charge in [0.1, 0.15) is 0 Å². The highest BCUT2D eigenvalue weighted by Gasteiger charge is 2.71. The number of fused-ring (bicyclic) bond motifs is 5. The lowest BCUT2D eigenvalue weighted by molar-refractivity contribution is -0.182. The van der Waals surface area contributed by atoms with Crippen LogP contribution >= 0.6 is 0 Å². The molecule has 2 aromatic carbocycles. The standard InChI is InChI=1S/C43H50N4O6/c1-4-19-45-40(51)43(53-39(50)36-14-9-20-52-36)18-17-33-32-16-15-30-22-34(29(25-44)23-41(30,2)37(32)35(48)24-42(33,43)3)47-31-13-8-12-28(21-31)38(49)46-26-27-10-6-5-7-11-27/h5-14,20-22,25,32-33,35,37,44,47-48H,4,15-19,23-24,26H2,1-3H3,(H,45,51)(H,46,49)/t32?,33?,35?,37?,41?,42?,43-/m0/s1. The van der Waals surface area contributed by atoms with Crippen LogP contribution in [0.3, 0.4) is 0 Å². The normalized spacial score (nSPS) is 30.2. The molecule has 1 aromatic heterocycles. The number of carbonyl (C=O) groups excluding carboxylic acids is 3. The fraction of sp³-hybridized carbons (Fsp3) is 0.442. The van der Waals surface area contributed by atoms with Gasteiger partial charge in [-0.3, -0.25) is 9.59 Å². The van der Waals surface area contributed by atoms with Crippen LogP contribution in [-0.4, -0.2) is 47.4 Å². The maximum atomic E-state index is 14.1. The molecule has 2 amide bonds. The molecule has 3 aromatic rings. The Kier molecular flexibility index (Phi) is 9.93. The number of anilines is 1. The van der Waals surface area contributed by atoms with Crippen molar-refractivity contribution in [3.05, 3.63) is 113 Å². The summed E-state index contributed by atoms with van der Waals surface area (Å²) in [6.07, 6.45) is 8.49. The molecule has 1 heterocycles. The van der Waals surface area contributed by atoms with Crippen molar-refractivity contribution in [1.29, 1.82) is 5.41 Å². The van der Waals surface area contributed by atoms with Gasteiger partial charge in [0.15, 0.2) is 5.60 Å². The average molecular weight is 719 g/mol. The van der Waals surface area contributed by atoms with Crippen molar-refractivity contribution >= 4 is 29.7 Å². The third kappa shape index (κ3) is 6.41. The number of amides is 2. The van der Waals surface area contributed by atoms with Crippen molar-refractivity contribution in [3.8, 4) is 0 Å². The number of furan rings is 1. The highest BCUT2D eigenvalue weighted by molar-refractivity contribution is 5.95. The van der Waals surface area contributed by atoms with Crippen LogP contribution in [0.1, 0.15) is 92.2 Å². The van der Waals surface area contributed by atoms with Crippen molar-refractivity contribution in [2.24, 2.45) is 28.6 Å². The molecule has 0 bridgehead atoms. The van der Waals surface area contributed by atoms with Gasteiger partial charge in [-0.2, -0.15) is 0 Å². The van der Waals surface area contributed by atoms with Crippen LogP contribution in [0.4, 0.5) is 5.69 Å². The Morgan fingerprint density at radius 1 is 1.04 bits per heavy atom. The first-order chi connectivity index (χ1) is 25.5. The fourth-order valence-corrected chi connectivity index (χ4v) is 10.3. The Morgan fingerprint density at radius 3 is 2.58 bits per heavy atom. The summed E-state index contributed by atoms with van der Waals surface area (Å²) in [5, 5.41) is 30.2. The van der Waals surface area contributed by atoms with Crippen molar-refractivity contribution < 1.29 is 28.6 Å². The van der Waals surface area contributed by atoms with Crippen molar-refractivity contribution in [2.75, 3.05) is 11.9 Å². The Hall–Kier alpha value is -4.96. The lowest BCUT2D eigenvalue weighted by Crippen LogP contribution is -2.64. The summed E-state index contributed by atoms with van der Waals surface area (Å²) < 4.78 is 11.6. The molecule has 0 spiro atoms. The number of carbonyl (C=O) groups is 3. The molecule has 10 heteroatoms. The maximum Gasteiger partial charge on any atom is 0.375 e. The lowest BCUT2D eigenvalue weighted by Gasteiger charge is -2.60. The quantitative estimate of drug-likeness (QED) is 0.104. The Morgan fingerprint density at radius 2 is 1.85 bits per heavy atom. The molecule has 278 valence electrons. The smallest absolute Gasteiger partial charge is 0.375 e. The van der Waals surface area contributed by atoms with Crippen LogP contribution < -0.4 is 16.0 Å². The SMILES string of the molecule is CCCNC(=O)[C@@]1(OC(=O)c2ccco2)CCC2C3CCC4=CC(Nc5cccc(C(=O)NCc6ccccc6)c5)=C(C=N)CC4(C)C3C(O)CC21C. The van der Waals surface area contributed by atoms with Crippen LogP contribution in [0.15, 0.2) is 100 Å². The van der Waals surface area contributed by atoms with Crippen molar-refractivity contribution in [1.82, 2.24) is 10.6 Å². The molecular weight excluding hydrogens is 668 g/mol. The molecule has 6 unspecified atom stereocenters. The summed E-state index contributed by atoms with van der Waals surface area (Å²) in [5.74, 6) is -1.09. The molecule has 0 aliphatic heterocycles. The summed E-state index contributed by atoms with van der Waals surface area (Å²) >= 11 is 0. The largest absolute Gasteiger partial charge is 0.457 e. The Bertz CT molecular complexity index is 1940. The van der Waals surface area contributed by atoms with E-state index in [1.807, 2.05) is 62.4 Å². The van der Waals surface area contributed by atoms with Crippen LogP contribution in [-0.2, 0) is 16.1 Å². The summed E-state index contributed by atoms with van der Waals surface area (Å²) in [7, 11) is 0. The van der Waals surface area contributed by atoms with E-state index in [1.165, 1.54) is 24.1 Å². The molecule has 7 rings (SSSR count). The Labute approximate surface area is 311 Å². The minimum absolute atomic E-state index is 0.0359. The predicted octanol–water partition coefficient (Wildman–Crippen LogP) is 7.19. The van der Waals surface area contributed by atoms with E-state index in [1.54, 1.807) is 12.1 Å². The summed E-state index contributed by atoms with van der Waals surface area (Å²) in [5.41, 5.74) is 2.51. The van der Waals surface area contributed by atoms with Crippen LogP contribution in [0.2, 0.25) is 0 Å². The van der Waals surface area contributed by atoms with Crippen LogP contribution in [0.5, 0.6) is 0 Å². The number of esters is 1. The van der Waals surface area contributed by atoms with Gasteiger partial charge >= 0.3 is 5.97 Å². The van der Waals surface area contributed by atoms with E-state index >= 15 is 0 Å². The summed E-state index contributed by atoms with van der Waals surface area (Å²) in [6, 6.07) is 20.3. The molecule has 3 saturated carbocycles. The van der Waals surface area contributed by atoms with Crippen molar-refractivity contribution in [3.63, 3.8) is 0 Å². The summed E-state index contributed by atoms with van der Waals surface area (Å²) in [6.45, 7) is 7.12. The third-order valence-electron chi connectivity index (χ3n) is 12.8. The van der Waals surface area contributed by atoms with E-state index in [0.717, 1.165) is 41.8 Å². The Balaban J connectivity index is 1.12. The zero-order valence-electron chi connectivity index (χ0n) is 30.7. The van der Waals surface area contributed by atoms with Crippen LogP contribution in [0.25, 0.3) is 0 Å². The van der Waals surface area contributed by atoms with Gasteiger partial charge in [0, 0.05) is 41.7 Å². The topological polar surface area (TPSA) is 154 Å². The zero-order chi connectivity index (χ0) is 37.4. The second kappa shape index (κ2) is 14.5. The average Bonchev–Trinajstić information content (AvgIpc) is 3.80. The number of rotatable bonds is 11. The van der Waals surface area contributed by atoms with Gasteiger partial charge in [0.05, 0.1) is 12.4 Å². The lowest BCUT2D eigenvalue weighted by atomic mass is 9.45. The number of benzene rings is 2. The van der Waals surface area contributed by atoms with Gasteiger partial charge < -0.3 is 35.6 Å². The second-order valence-corrected chi connectivity index (χ2v) is 15.7. The molecule has 7 atom stereocenters. The summed E-state index contributed by atoms with van der Waals surface area (Å²) in [4.78, 5) is 40.5. The first-order valence-corrected chi connectivity index (χ1v) is 18.9. The van der Waals surface area contributed by atoms with E-state index in [2.05, 4.69) is 29.0 Å². The molecule has 53 heavy (non-hydrogen) atoms. The molecule has 4 aliphatic carbocycles. The van der Waals surface area contributed by atoms with Gasteiger partial charge in [0.2, 0.25) is 5.76 Å². The van der Waals surface area contributed by atoms with Gasteiger partial charge in [-0.05, 0) is 116 Å². The van der Waals surface area contributed by atoms with E-state index < -0.39 is 28.5 Å². The minimum Gasteiger partial charge on any atom is -0.457 e. The second-order valence-electron chi connectivity index (χ2n) is 15.7. The maximum absolute atomic E-state index is 14.1. The van der Waals surface area contributed by atoms with E-state index in [9.17, 15) is 19.5 Å². The first kappa shape index (κ1) is 36.4. The van der Waals surface area contributed by atoms with Gasteiger partial charge in [-0.1, -0.05) is 62.7 Å². The molecule has 4 aliphatic rings. The molecule has 0 radical (unpaired) electrons. The number of hydrogen-bond donors (Lipinski definition) is 5. The fourth-order valence-electron chi connectivity index (χ4n) is 10.3. The van der Waals surface area contributed by atoms with Gasteiger partial charge in [-0.25, -0.2) is 4.79 Å². The molecule has 0 saturated heterocycles. The van der Waals surface area contributed by atoms with E-state index in [4.69, 9.17) is 14.6 Å². The van der Waals surface area contributed by atoms with Crippen LogP contribution in [0, 0.1) is 34.0 Å². The minimum atomic E-state index is -1.45. The molecule has 10 nitrogen and oxygen atoms in total. The zero-order valence-corrected chi connectivity index (χ0v) is 30.7. The molecule has 5 N–H and O–H groups in total. The monoisotopic (exact) mass is 718 g/mol. The number of nitrogens with one attached hydrogen (secondary N) is 4. The molecule has 3 fully saturated rings. The van der Waals surface area contributed by atoms with Crippen molar-refractivity contribution in [2.45, 2.75) is 84.0 Å².